The molecule has 0 aromatic carbocycles. The molecule has 0 unspecified atom stereocenters. The van der Waals surface area contributed by atoms with Gasteiger partial charge in [0.15, 0.2) is 11.5 Å². The van der Waals surface area contributed by atoms with E-state index in [-0.39, 0.29) is 24.4 Å². The van der Waals surface area contributed by atoms with Crippen LogP contribution in [0.25, 0.3) is 0 Å². The van der Waals surface area contributed by atoms with Gasteiger partial charge in [0.05, 0.1) is 0 Å². The van der Waals surface area contributed by atoms with Crippen molar-refractivity contribution in [1.82, 2.24) is 0 Å². The van der Waals surface area contributed by atoms with Crippen LogP contribution in [0.4, 0.5) is 0 Å². The molecule has 0 aliphatic heterocycles. The molecule has 28 heavy (non-hydrogen) atoms. The first-order chi connectivity index (χ1) is 13.2. The van der Waals surface area contributed by atoms with Crippen molar-refractivity contribution in [3.8, 4) is 0 Å². The summed E-state index contributed by atoms with van der Waals surface area (Å²) in [5, 5.41) is 0. The molecule has 0 fully saturated rings. The smallest absolute Gasteiger partial charge is 0.302 e. The lowest BCUT2D eigenvalue weighted by Gasteiger charge is -2.09. The van der Waals surface area contributed by atoms with E-state index in [1.807, 2.05) is 0 Å². The van der Waals surface area contributed by atoms with Gasteiger partial charge in [-0.25, -0.2) is 0 Å². The van der Waals surface area contributed by atoms with E-state index >= 15 is 0 Å². The Hall–Kier alpha value is -3.16. The minimum Gasteiger partial charge on any atom is -0.462 e. The van der Waals surface area contributed by atoms with Gasteiger partial charge in [-0.1, -0.05) is 0 Å². The summed E-state index contributed by atoms with van der Waals surface area (Å²) in [7, 11) is 0. The molecule has 8 nitrogen and oxygen atoms in total. The lowest BCUT2D eigenvalue weighted by Crippen LogP contribution is -2.15. The molecule has 2 rings (SSSR count). The zero-order chi connectivity index (χ0) is 20.8. The summed E-state index contributed by atoms with van der Waals surface area (Å²) in [5.41, 5.74) is 0. The van der Waals surface area contributed by atoms with Crippen molar-refractivity contribution in [2.75, 3.05) is 0 Å². The first-order valence-corrected chi connectivity index (χ1v) is 8.76. The van der Waals surface area contributed by atoms with Gasteiger partial charge in [0, 0.05) is 26.7 Å². The summed E-state index contributed by atoms with van der Waals surface area (Å²) >= 11 is 0. The summed E-state index contributed by atoms with van der Waals surface area (Å²) in [4.78, 5) is 46.6. The molecule has 2 aromatic heterocycles. The SMILES string of the molecule is CC(=O)O[C@H](C)Cc1ccc(C(=O)C(=O)c2ccc(C[C@@H](C)OC(C)=O)o2)o1. The topological polar surface area (TPSA) is 113 Å². The van der Waals surface area contributed by atoms with E-state index in [9.17, 15) is 19.2 Å². The second kappa shape index (κ2) is 9.16. The number of rotatable bonds is 9. The second-order valence-corrected chi connectivity index (χ2v) is 6.44. The average Bonchev–Trinajstić information content (AvgIpc) is 3.21. The van der Waals surface area contributed by atoms with Crippen molar-refractivity contribution < 1.29 is 37.5 Å². The Kier molecular flexibility index (Phi) is 6.92. The van der Waals surface area contributed by atoms with Crippen molar-refractivity contribution in [3.05, 3.63) is 47.3 Å². The quantitative estimate of drug-likeness (QED) is 0.365. The fraction of sp³-hybridized carbons (Fsp3) is 0.400. The van der Waals surface area contributed by atoms with Gasteiger partial charge in [-0.05, 0) is 38.1 Å². The predicted molar refractivity (Wildman–Crippen MR) is 95.9 cm³/mol. The highest BCUT2D eigenvalue weighted by molar-refractivity contribution is 6.47. The van der Waals surface area contributed by atoms with Gasteiger partial charge in [-0.15, -0.1) is 0 Å². The molecule has 2 aromatic rings. The van der Waals surface area contributed by atoms with E-state index in [1.165, 1.54) is 26.0 Å². The van der Waals surface area contributed by atoms with Gasteiger partial charge in [0.2, 0.25) is 0 Å². The molecule has 0 amide bonds. The van der Waals surface area contributed by atoms with E-state index in [1.54, 1.807) is 26.0 Å². The summed E-state index contributed by atoms with van der Waals surface area (Å²) in [5.74, 6) is -1.94. The lowest BCUT2D eigenvalue weighted by atomic mass is 10.1. The fourth-order valence-electron chi connectivity index (χ4n) is 2.66. The molecule has 0 aliphatic carbocycles. The molecule has 8 heteroatoms. The molecule has 2 atom stereocenters. The molecular formula is C20H22O8. The zero-order valence-electron chi connectivity index (χ0n) is 16.1. The maximum absolute atomic E-state index is 12.3. The highest BCUT2D eigenvalue weighted by Gasteiger charge is 2.25. The van der Waals surface area contributed by atoms with E-state index in [2.05, 4.69) is 0 Å². The summed E-state index contributed by atoms with van der Waals surface area (Å²) in [6.45, 7) is 5.99. The van der Waals surface area contributed by atoms with Crippen molar-refractivity contribution in [1.29, 1.82) is 0 Å². The first kappa shape index (κ1) is 21.1. The second-order valence-electron chi connectivity index (χ2n) is 6.44. The third kappa shape index (κ3) is 5.94. The molecule has 0 bridgehead atoms. The molecule has 0 radical (unpaired) electrons. The maximum atomic E-state index is 12.3. The van der Waals surface area contributed by atoms with Gasteiger partial charge in [0.1, 0.15) is 23.7 Å². The number of furan rings is 2. The molecular weight excluding hydrogens is 368 g/mol. The number of ether oxygens (including phenoxy) is 2. The Morgan fingerprint density at radius 3 is 1.43 bits per heavy atom. The number of carbonyl (C=O) groups excluding carboxylic acids is 4. The summed E-state index contributed by atoms with van der Waals surface area (Å²) < 4.78 is 20.8. The van der Waals surface area contributed by atoms with Gasteiger partial charge in [-0.3, -0.25) is 19.2 Å². The predicted octanol–water partition coefficient (Wildman–Crippen LogP) is 2.93. The Morgan fingerprint density at radius 1 is 0.750 bits per heavy atom. The van der Waals surface area contributed by atoms with Gasteiger partial charge in [-0.2, -0.15) is 0 Å². The maximum Gasteiger partial charge on any atom is 0.302 e. The van der Waals surface area contributed by atoms with Gasteiger partial charge < -0.3 is 18.3 Å². The monoisotopic (exact) mass is 390 g/mol. The van der Waals surface area contributed by atoms with Crippen molar-refractivity contribution >= 4 is 23.5 Å². The van der Waals surface area contributed by atoms with Gasteiger partial charge in [0.25, 0.3) is 11.6 Å². The number of ketones is 2. The third-order valence-corrected chi connectivity index (χ3v) is 3.69. The molecule has 0 saturated heterocycles. The standard InChI is InChI=1S/C20H22O8/c1-11(25-13(3)21)9-15-5-7-17(27-15)19(23)20(24)18-8-6-16(28-18)10-12(2)26-14(4)22/h5-8,11-12H,9-10H2,1-4H3/t11-,12-/m1/s1. The molecule has 0 N–H and O–H groups in total. The fourth-order valence-corrected chi connectivity index (χ4v) is 2.66. The normalized spacial score (nSPS) is 12.9. The van der Waals surface area contributed by atoms with Crippen LogP contribution in [-0.4, -0.2) is 35.7 Å². The highest BCUT2D eigenvalue weighted by atomic mass is 16.5. The van der Waals surface area contributed by atoms with Crippen LogP contribution in [0, 0.1) is 0 Å². The minimum absolute atomic E-state index is 0.124. The Morgan fingerprint density at radius 2 is 1.11 bits per heavy atom. The summed E-state index contributed by atoms with van der Waals surface area (Å²) in [6.07, 6.45) is -0.289. The van der Waals surface area contributed by atoms with Crippen LogP contribution < -0.4 is 0 Å². The molecule has 0 spiro atoms. The van der Waals surface area contributed by atoms with E-state index in [0.29, 0.717) is 11.5 Å². The van der Waals surface area contributed by atoms with Crippen LogP contribution in [0.3, 0.4) is 0 Å². The van der Waals surface area contributed by atoms with Crippen molar-refractivity contribution in [2.24, 2.45) is 0 Å². The van der Waals surface area contributed by atoms with Crippen molar-refractivity contribution in [2.45, 2.75) is 52.7 Å². The third-order valence-electron chi connectivity index (χ3n) is 3.69. The zero-order valence-corrected chi connectivity index (χ0v) is 16.1. The molecule has 2 heterocycles. The Labute approximate surface area is 161 Å². The van der Waals surface area contributed by atoms with E-state index in [0.717, 1.165) is 0 Å². The number of hydrogen-bond donors (Lipinski definition) is 0. The van der Waals surface area contributed by atoms with Crippen LogP contribution in [0.15, 0.2) is 33.1 Å². The van der Waals surface area contributed by atoms with Crippen LogP contribution >= 0.6 is 0 Å². The molecule has 150 valence electrons. The number of esters is 2. The highest BCUT2D eigenvalue weighted by Crippen LogP contribution is 2.17. The molecule has 0 saturated carbocycles. The van der Waals surface area contributed by atoms with Crippen LogP contribution in [0.1, 0.15) is 60.3 Å². The molecule has 0 aliphatic rings. The van der Waals surface area contributed by atoms with Crippen LogP contribution in [0.5, 0.6) is 0 Å². The Balaban J connectivity index is 2.00. The average molecular weight is 390 g/mol. The van der Waals surface area contributed by atoms with Crippen LogP contribution in [-0.2, 0) is 31.9 Å². The van der Waals surface area contributed by atoms with Crippen LogP contribution in [0.2, 0.25) is 0 Å². The largest absolute Gasteiger partial charge is 0.462 e. The number of hydrogen-bond acceptors (Lipinski definition) is 8. The number of carbonyl (C=O) groups is 4. The Bertz CT molecular complexity index is 800. The lowest BCUT2D eigenvalue weighted by molar-refractivity contribution is -0.146. The van der Waals surface area contributed by atoms with E-state index < -0.39 is 35.7 Å². The minimum atomic E-state index is -0.847. The van der Waals surface area contributed by atoms with Crippen molar-refractivity contribution in [3.63, 3.8) is 0 Å². The first-order valence-electron chi connectivity index (χ1n) is 8.76. The van der Waals surface area contributed by atoms with E-state index in [4.69, 9.17) is 18.3 Å². The number of Topliss-reactive ketones (excluding diaryl/α,β-unsaturated/α-hetero) is 2. The summed E-state index contributed by atoms with van der Waals surface area (Å²) in [6, 6.07) is 5.88. The van der Waals surface area contributed by atoms with Gasteiger partial charge >= 0.3 is 11.9 Å².